The fourth-order valence-corrected chi connectivity index (χ4v) is 3.88. The summed E-state index contributed by atoms with van der Waals surface area (Å²) in [4.78, 5) is 14.7. The molecular weight excluding hydrogens is 364 g/mol. The Kier molecular flexibility index (Phi) is 5.86. The van der Waals surface area contributed by atoms with Gasteiger partial charge in [-0.2, -0.15) is 4.73 Å². The van der Waals surface area contributed by atoms with Crippen molar-refractivity contribution in [3.8, 4) is 0 Å². The molecule has 1 saturated heterocycles. The largest absolute Gasteiger partial charge is 0.619 e. The summed E-state index contributed by atoms with van der Waals surface area (Å²) in [6.07, 6.45) is 3.46. The number of morpholine rings is 1. The summed E-state index contributed by atoms with van der Waals surface area (Å²) < 4.78 is 6.72. The zero-order valence-corrected chi connectivity index (χ0v) is 16.2. The molecule has 5 nitrogen and oxygen atoms in total. The molecule has 5 heteroatoms. The molecule has 2 heterocycles. The summed E-state index contributed by atoms with van der Waals surface area (Å²) in [5.41, 5.74) is 3.02. The first kappa shape index (κ1) is 19.2. The molecule has 0 aliphatic carbocycles. The lowest BCUT2D eigenvalue weighted by atomic mass is 9.86. The lowest BCUT2D eigenvalue weighted by molar-refractivity contribution is -0.605. The van der Waals surface area contributed by atoms with Gasteiger partial charge >= 0.3 is 0 Å². The summed E-state index contributed by atoms with van der Waals surface area (Å²) in [5, 5.41) is 11.2. The molecule has 1 aliphatic rings. The van der Waals surface area contributed by atoms with Gasteiger partial charge in [-0.25, -0.2) is 0 Å². The van der Waals surface area contributed by atoms with Crippen LogP contribution in [0.3, 0.4) is 0 Å². The van der Waals surface area contributed by atoms with E-state index in [1.54, 1.807) is 12.1 Å². The summed E-state index contributed by atoms with van der Waals surface area (Å²) >= 11 is 0. The van der Waals surface area contributed by atoms with Crippen LogP contribution in [0.15, 0.2) is 85.2 Å². The summed E-state index contributed by atoms with van der Waals surface area (Å²) in [7, 11) is 0. The Morgan fingerprint density at radius 3 is 2.17 bits per heavy atom. The zero-order valence-electron chi connectivity index (χ0n) is 16.2. The molecule has 3 aromatic rings. The Bertz CT molecular complexity index is 890. The van der Waals surface area contributed by atoms with Crippen LogP contribution >= 0.6 is 0 Å². The van der Waals surface area contributed by atoms with E-state index in [1.807, 2.05) is 17.0 Å². The molecule has 148 valence electrons. The zero-order chi connectivity index (χ0) is 20.1. The van der Waals surface area contributed by atoms with Gasteiger partial charge in [0, 0.05) is 31.1 Å². The minimum atomic E-state index is -0.0603. The summed E-state index contributed by atoms with van der Waals surface area (Å²) in [6.45, 7) is 1.62. The van der Waals surface area contributed by atoms with E-state index in [4.69, 9.17) is 4.74 Å². The quantitative estimate of drug-likeness (QED) is 0.497. The van der Waals surface area contributed by atoms with Gasteiger partial charge in [-0.15, -0.1) is 0 Å². The van der Waals surface area contributed by atoms with E-state index in [-0.39, 0.29) is 17.9 Å². The first-order valence-corrected chi connectivity index (χ1v) is 9.90. The highest BCUT2D eigenvalue weighted by Gasteiger charge is 2.28. The van der Waals surface area contributed by atoms with Crippen LogP contribution in [-0.2, 0) is 4.74 Å². The molecule has 0 saturated carbocycles. The standard InChI is InChI=1S/C24H24N2O3/c27-24(21-11-13-26(28)14-12-21)25-15-16-29-22(18-25)17-23(19-7-3-1-4-8-19)20-9-5-2-6-10-20/h1-14,22-23H,15-18H2/t22-/m0/s1. The number of amides is 1. The number of hydrogen-bond donors (Lipinski definition) is 0. The van der Waals surface area contributed by atoms with Crippen LogP contribution in [0, 0.1) is 5.21 Å². The molecule has 0 spiro atoms. The lowest BCUT2D eigenvalue weighted by Gasteiger charge is -2.35. The van der Waals surface area contributed by atoms with Crippen molar-refractivity contribution >= 4 is 5.91 Å². The Balaban J connectivity index is 1.51. The van der Waals surface area contributed by atoms with Crippen LogP contribution in [0.1, 0.15) is 33.8 Å². The minimum absolute atomic E-state index is 0.0498. The average Bonchev–Trinajstić information content (AvgIpc) is 2.79. The smallest absolute Gasteiger partial charge is 0.254 e. The van der Waals surface area contributed by atoms with Crippen LogP contribution in [0.2, 0.25) is 0 Å². The van der Waals surface area contributed by atoms with Gasteiger partial charge in [0.15, 0.2) is 12.4 Å². The number of carbonyl (C=O) groups is 1. The maximum absolute atomic E-state index is 12.8. The maximum Gasteiger partial charge on any atom is 0.254 e. The van der Waals surface area contributed by atoms with Crippen LogP contribution < -0.4 is 4.73 Å². The Morgan fingerprint density at radius 1 is 1.00 bits per heavy atom. The number of ether oxygens (including phenoxy) is 1. The lowest BCUT2D eigenvalue weighted by Crippen LogP contribution is -2.46. The molecule has 0 radical (unpaired) electrons. The predicted octanol–water partition coefficient (Wildman–Crippen LogP) is 3.38. The highest BCUT2D eigenvalue weighted by Crippen LogP contribution is 2.31. The number of hydrogen-bond acceptors (Lipinski definition) is 3. The second-order valence-corrected chi connectivity index (χ2v) is 7.30. The predicted molar refractivity (Wildman–Crippen MR) is 110 cm³/mol. The normalized spacial score (nSPS) is 16.7. The van der Waals surface area contributed by atoms with E-state index in [1.165, 1.54) is 23.5 Å². The molecule has 4 rings (SSSR count). The molecule has 1 aromatic heterocycles. The molecule has 0 bridgehead atoms. The third-order valence-corrected chi connectivity index (χ3v) is 5.38. The van der Waals surface area contributed by atoms with Crippen molar-refractivity contribution in [1.82, 2.24) is 4.90 Å². The molecule has 0 N–H and O–H groups in total. The second-order valence-electron chi connectivity index (χ2n) is 7.30. The van der Waals surface area contributed by atoms with Gasteiger partial charge < -0.3 is 14.8 Å². The fraction of sp³-hybridized carbons (Fsp3) is 0.250. The Morgan fingerprint density at radius 2 is 1.59 bits per heavy atom. The van der Waals surface area contributed by atoms with E-state index in [0.717, 1.165) is 6.42 Å². The SMILES string of the molecule is O=C(c1cc[n+]([O-])cc1)N1CCO[C@@H](CC(c2ccccc2)c2ccccc2)C1. The highest BCUT2D eigenvalue weighted by molar-refractivity contribution is 5.94. The maximum atomic E-state index is 12.8. The van der Waals surface area contributed by atoms with Crippen molar-refractivity contribution < 1.29 is 14.3 Å². The van der Waals surface area contributed by atoms with Crippen molar-refractivity contribution in [2.75, 3.05) is 19.7 Å². The third kappa shape index (κ3) is 4.63. The number of rotatable bonds is 5. The number of pyridine rings is 1. The first-order chi connectivity index (χ1) is 14.2. The van der Waals surface area contributed by atoms with Crippen molar-refractivity contribution in [2.24, 2.45) is 0 Å². The van der Waals surface area contributed by atoms with Gasteiger partial charge in [0.05, 0.1) is 18.3 Å². The van der Waals surface area contributed by atoms with Crippen molar-refractivity contribution in [3.05, 3.63) is 107 Å². The number of aromatic nitrogens is 1. The van der Waals surface area contributed by atoms with Gasteiger partial charge in [-0.1, -0.05) is 60.7 Å². The molecule has 29 heavy (non-hydrogen) atoms. The van der Waals surface area contributed by atoms with Gasteiger partial charge in [0.25, 0.3) is 5.91 Å². The van der Waals surface area contributed by atoms with Gasteiger partial charge in [0.1, 0.15) is 0 Å². The molecule has 2 aromatic carbocycles. The van der Waals surface area contributed by atoms with Gasteiger partial charge in [0.2, 0.25) is 0 Å². The fourth-order valence-electron chi connectivity index (χ4n) is 3.88. The van der Waals surface area contributed by atoms with Crippen molar-refractivity contribution in [2.45, 2.75) is 18.4 Å². The van der Waals surface area contributed by atoms with Crippen LogP contribution in [0.25, 0.3) is 0 Å². The topological polar surface area (TPSA) is 56.5 Å². The van der Waals surface area contributed by atoms with E-state index in [2.05, 4.69) is 48.5 Å². The minimum Gasteiger partial charge on any atom is -0.619 e. The number of carbonyl (C=O) groups excluding carboxylic acids is 1. The van der Waals surface area contributed by atoms with Crippen molar-refractivity contribution in [3.63, 3.8) is 0 Å². The molecule has 1 amide bonds. The molecule has 0 unspecified atom stereocenters. The molecular formula is C24H24N2O3. The number of nitrogens with zero attached hydrogens (tertiary/aromatic N) is 2. The first-order valence-electron chi connectivity index (χ1n) is 9.90. The highest BCUT2D eigenvalue weighted by atomic mass is 16.5. The van der Waals surface area contributed by atoms with E-state index in [9.17, 15) is 10.0 Å². The van der Waals surface area contributed by atoms with Crippen molar-refractivity contribution in [1.29, 1.82) is 0 Å². The molecule has 1 fully saturated rings. The monoisotopic (exact) mass is 388 g/mol. The summed E-state index contributed by atoms with van der Waals surface area (Å²) in [5.74, 6) is 0.142. The molecule has 1 atom stereocenters. The second kappa shape index (κ2) is 8.88. The summed E-state index contributed by atoms with van der Waals surface area (Å²) in [6, 6.07) is 24.0. The van der Waals surface area contributed by atoms with E-state index >= 15 is 0 Å². The van der Waals surface area contributed by atoms with Crippen LogP contribution in [0.5, 0.6) is 0 Å². The number of benzene rings is 2. The van der Waals surface area contributed by atoms with Crippen LogP contribution in [-0.4, -0.2) is 36.6 Å². The Labute approximate surface area is 170 Å². The third-order valence-electron chi connectivity index (χ3n) is 5.38. The van der Waals surface area contributed by atoms with Gasteiger partial charge in [-0.3, -0.25) is 4.79 Å². The molecule has 1 aliphatic heterocycles. The van der Waals surface area contributed by atoms with Gasteiger partial charge in [-0.05, 0) is 17.5 Å². The van der Waals surface area contributed by atoms with E-state index < -0.39 is 0 Å². The Hall–Kier alpha value is -3.18. The van der Waals surface area contributed by atoms with E-state index in [0.29, 0.717) is 30.0 Å². The van der Waals surface area contributed by atoms with Crippen LogP contribution in [0.4, 0.5) is 0 Å². The average molecular weight is 388 g/mol.